The van der Waals surface area contributed by atoms with Gasteiger partial charge in [0.15, 0.2) is 17.3 Å². The molecule has 0 spiro atoms. The van der Waals surface area contributed by atoms with Crippen LogP contribution < -0.4 is 10.6 Å². The summed E-state index contributed by atoms with van der Waals surface area (Å²) in [6, 6.07) is 0.449. The van der Waals surface area contributed by atoms with E-state index in [9.17, 15) is 0 Å². The van der Waals surface area contributed by atoms with Gasteiger partial charge in [0.25, 0.3) is 0 Å². The molecule has 1 atom stereocenters. The van der Waals surface area contributed by atoms with Gasteiger partial charge in [-0.3, -0.25) is 0 Å². The van der Waals surface area contributed by atoms with Crippen molar-refractivity contribution in [1.29, 1.82) is 0 Å². The third-order valence-corrected chi connectivity index (χ3v) is 3.65. The number of amidine groups is 1. The predicted molar refractivity (Wildman–Crippen MR) is 74.4 cm³/mol. The minimum Gasteiger partial charge on any atom is -0.409 e. The Morgan fingerprint density at radius 3 is 2.95 bits per heavy atom. The van der Waals surface area contributed by atoms with E-state index in [4.69, 9.17) is 10.9 Å². The largest absolute Gasteiger partial charge is 0.409 e. The summed E-state index contributed by atoms with van der Waals surface area (Å²) in [5, 5.41) is 11.9. The normalized spacial score (nSPS) is 21.2. The van der Waals surface area contributed by atoms with E-state index in [0.29, 0.717) is 11.7 Å². The molecule has 0 aliphatic carbocycles. The van der Waals surface area contributed by atoms with Crippen molar-refractivity contribution < 1.29 is 5.21 Å². The van der Waals surface area contributed by atoms with Gasteiger partial charge in [-0.2, -0.15) is 0 Å². The van der Waals surface area contributed by atoms with E-state index >= 15 is 0 Å². The van der Waals surface area contributed by atoms with E-state index in [1.807, 2.05) is 0 Å². The van der Waals surface area contributed by atoms with E-state index in [2.05, 4.69) is 26.9 Å². The topological polar surface area (TPSA) is 87.6 Å². The summed E-state index contributed by atoms with van der Waals surface area (Å²) in [5.74, 6) is 0.744. The quantitative estimate of drug-likeness (QED) is 0.375. The molecule has 1 fully saturated rings. The van der Waals surface area contributed by atoms with Crippen molar-refractivity contribution in [3.63, 3.8) is 0 Å². The molecule has 104 valence electrons. The molecule has 2 rings (SSSR count). The van der Waals surface area contributed by atoms with Gasteiger partial charge in [-0.15, -0.1) is 0 Å². The van der Waals surface area contributed by atoms with Crippen molar-refractivity contribution >= 4 is 11.7 Å². The lowest BCUT2D eigenvalue weighted by molar-refractivity contribution is 0.318. The average molecular weight is 263 g/mol. The highest BCUT2D eigenvalue weighted by Crippen LogP contribution is 2.25. The molecule has 1 aliphatic rings. The third kappa shape index (κ3) is 2.94. The van der Waals surface area contributed by atoms with Crippen LogP contribution >= 0.6 is 0 Å². The second-order valence-corrected chi connectivity index (χ2v) is 4.82. The number of anilines is 1. The summed E-state index contributed by atoms with van der Waals surface area (Å²) < 4.78 is 0. The summed E-state index contributed by atoms with van der Waals surface area (Å²) in [4.78, 5) is 10.9. The van der Waals surface area contributed by atoms with Crippen LogP contribution in [-0.2, 0) is 0 Å². The molecule has 1 unspecified atom stereocenters. The van der Waals surface area contributed by atoms with Crippen molar-refractivity contribution in [3.8, 4) is 0 Å². The SMILES string of the molecule is CCC1CCCCCN1c1nccnc1C(N)=NO. The van der Waals surface area contributed by atoms with Crippen molar-refractivity contribution in [2.45, 2.75) is 45.1 Å². The van der Waals surface area contributed by atoms with Crippen LogP contribution in [0.3, 0.4) is 0 Å². The average Bonchev–Trinajstić information content (AvgIpc) is 2.71. The minimum absolute atomic E-state index is 0.0159. The fraction of sp³-hybridized carbons (Fsp3) is 0.615. The minimum atomic E-state index is 0.0159. The fourth-order valence-electron chi connectivity index (χ4n) is 2.65. The molecule has 2 heterocycles. The summed E-state index contributed by atoms with van der Waals surface area (Å²) in [7, 11) is 0. The lowest BCUT2D eigenvalue weighted by atomic mass is 10.1. The third-order valence-electron chi connectivity index (χ3n) is 3.65. The first-order valence-electron chi connectivity index (χ1n) is 6.83. The molecule has 0 saturated carbocycles. The van der Waals surface area contributed by atoms with Crippen LogP contribution in [0.15, 0.2) is 17.5 Å². The Hall–Kier alpha value is -1.85. The first-order chi connectivity index (χ1) is 9.27. The number of nitrogens with zero attached hydrogens (tertiary/aromatic N) is 4. The van der Waals surface area contributed by atoms with Crippen LogP contribution in [-0.4, -0.2) is 33.6 Å². The van der Waals surface area contributed by atoms with Gasteiger partial charge < -0.3 is 15.8 Å². The van der Waals surface area contributed by atoms with E-state index in [0.717, 1.165) is 31.6 Å². The van der Waals surface area contributed by atoms with Crippen LogP contribution in [0.1, 0.15) is 44.7 Å². The van der Waals surface area contributed by atoms with Crippen molar-refractivity contribution in [3.05, 3.63) is 18.1 Å². The molecule has 3 N–H and O–H groups in total. The molecule has 1 saturated heterocycles. The number of rotatable bonds is 3. The number of nitrogens with two attached hydrogens (primary N) is 1. The molecule has 0 amide bonds. The van der Waals surface area contributed by atoms with Gasteiger partial charge in [-0.1, -0.05) is 24.9 Å². The highest BCUT2D eigenvalue weighted by molar-refractivity contribution is 5.99. The molecule has 19 heavy (non-hydrogen) atoms. The van der Waals surface area contributed by atoms with Crippen LogP contribution in [0.5, 0.6) is 0 Å². The monoisotopic (exact) mass is 263 g/mol. The molecule has 0 radical (unpaired) electrons. The number of hydrogen-bond acceptors (Lipinski definition) is 5. The first-order valence-corrected chi connectivity index (χ1v) is 6.83. The van der Waals surface area contributed by atoms with Gasteiger partial charge in [0.2, 0.25) is 0 Å². The molecule has 1 aromatic rings. The number of hydrogen-bond donors (Lipinski definition) is 2. The Bertz CT molecular complexity index is 448. The molecule has 6 nitrogen and oxygen atoms in total. The summed E-state index contributed by atoms with van der Waals surface area (Å²) in [6.07, 6.45) is 9.06. The van der Waals surface area contributed by atoms with Crippen LogP contribution in [0, 0.1) is 0 Å². The Morgan fingerprint density at radius 2 is 2.21 bits per heavy atom. The van der Waals surface area contributed by atoms with Gasteiger partial charge in [0.1, 0.15) is 0 Å². The van der Waals surface area contributed by atoms with Crippen LogP contribution in [0.2, 0.25) is 0 Å². The van der Waals surface area contributed by atoms with Gasteiger partial charge in [0.05, 0.1) is 0 Å². The lowest BCUT2D eigenvalue weighted by Gasteiger charge is -2.31. The Morgan fingerprint density at radius 1 is 1.42 bits per heavy atom. The second kappa shape index (κ2) is 6.36. The second-order valence-electron chi connectivity index (χ2n) is 4.82. The van der Waals surface area contributed by atoms with Gasteiger partial charge >= 0.3 is 0 Å². The Kier molecular flexibility index (Phi) is 4.54. The highest BCUT2D eigenvalue weighted by Gasteiger charge is 2.24. The maximum atomic E-state index is 8.87. The maximum Gasteiger partial charge on any atom is 0.192 e. The molecule has 6 heteroatoms. The van der Waals surface area contributed by atoms with Gasteiger partial charge in [0, 0.05) is 25.0 Å². The van der Waals surface area contributed by atoms with Gasteiger partial charge in [-0.25, -0.2) is 9.97 Å². The van der Waals surface area contributed by atoms with Crippen molar-refractivity contribution in [2.24, 2.45) is 10.9 Å². The highest BCUT2D eigenvalue weighted by atomic mass is 16.4. The van der Waals surface area contributed by atoms with E-state index in [1.165, 1.54) is 12.8 Å². The lowest BCUT2D eigenvalue weighted by Crippen LogP contribution is -2.37. The Labute approximate surface area is 113 Å². The summed E-state index contributed by atoms with van der Waals surface area (Å²) in [6.45, 7) is 3.13. The smallest absolute Gasteiger partial charge is 0.192 e. The van der Waals surface area contributed by atoms with E-state index in [-0.39, 0.29) is 5.84 Å². The summed E-state index contributed by atoms with van der Waals surface area (Å²) >= 11 is 0. The zero-order valence-electron chi connectivity index (χ0n) is 11.3. The predicted octanol–water partition coefficient (Wildman–Crippen LogP) is 1.73. The van der Waals surface area contributed by atoms with Crippen molar-refractivity contribution in [2.75, 3.05) is 11.4 Å². The first kappa shape index (κ1) is 13.6. The molecule has 1 aromatic heterocycles. The Balaban J connectivity index is 2.38. The van der Waals surface area contributed by atoms with E-state index < -0.39 is 0 Å². The molecular weight excluding hydrogens is 242 g/mol. The van der Waals surface area contributed by atoms with Gasteiger partial charge in [-0.05, 0) is 19.3 Å². The standard InChI is InChI=1S/C13H21N5O/c1-2-10-6-4-3-5-9-18(10)13-11(12(14)17-19)15-7-8-16-13/h7-8,10,19H,2-6,9H2,1H3,(H2,14,17). The van der Waals surface area contributed by atoms with Crippen LogP contribution in [0.4, 0.5) is 5.82 Å². The molecule has 0 bridgehead atoms. The summed E-state index contributed by atoms with van der Waals surface area (Å²) in [5.41, 5.74) is 6.16. The van der Waals surface area contributed by atoms with E-state index in [1.54, 1.807) is 12.4 Å². The maximum absolute atomic E-state index is 8.87. The number of aromatic nitrogens is 2. The zero-order valence-corrected chi connectivity index (χ0v) is 11.3. The fourth-order valence-corrected chi connectivity index (χ4v) is 2.65. The van der Waals surface area contributed by atoms with Crippen molar-refractivity contribution in [1.82, 2.24) is 9.97 Å². The molecule has 1 aliphatic heterocycles. The number of oxime groups is 1. The molecular formula is C13H21N5O. The molecule has 0 aromatic carbocycles. The van der Waals surface area contributed by atoms with Crippen LogP contribution in [0.25, 0.3) is 0 Å². The zero-order chi connectivity index (χ0) is 13.7.